The van der Waals surface area contributed by atoms with Gasteiger partial charge in [0.25, 0.3) is 0 Å². The van der Waals surface area contributed by atoms with Crippen LogP contribution in [0.4, 0.5) is 0 Å². The van der Waals surface area contributed by atoms with E-state index in [4.69, 9.17) is 0 Å². The fraction of sp³-hybridized carbons (Fsp3) is 0.273. The van der Waals surface area contributed by atoms with Crippen molar-refractivity contribution in [1.82, 2.24) is 0 Å². The molecule has 0 aromatic heterocycles. The average Bonchev–Trinajstić information content (AvgIpc) is 2.15. The summed E-state index contributed by atoms with van der Waals surface area (Å²) in [5.41, 5.74) is 2.67. The lowest BCUT2D eigenvalue weighted by Crippen LogP contribution is -1.78. The summed E-state index contributed by atoms with van der Waals surface area (Å²) in [6, 6.07) is 10.5. The van der Waals surface area contributed by atoms with Crippen LogP contribution < -0.4 is 0 Å². The molecule has 1 heteroatoms. The second-order valence-electron chi connectivity index (χ2n) is 2.73. The number of rotatable bonds is 3. The van der Waals surface area contributed by atoms with E-state index in [9.17, 15) is 0 Å². The number of alkyl halides is 1. The minimum atomic E-state index is 1.04. The van der Waals surface area contributed by atoms with Gasteiger partial charge in [-0.15, -0.1) is 0 Å². The molecule has 0 spiro atoms. The highest BCUT2D eigenvalue weighted by atomic mass is 79.9. The van der Waals surface area contributed by atoms with Crippen molar-refractivity contribution in [3.8, 4) is 0 Å². The highest BCUT2D eigenvalue weighted by molar-refractivity contribution is 9.09. The number of hydrogen-bond acceptors (Lipinski definition) is 0. The second-order valence-corrected chi connectivity index (χ2v) is 3.52. The molecule has 0 fully saturated rings. The van der Waals surface area contributed by atoms with E-state index in [2.05, 4.69) is 53.2 Å². The standard InChI is InChI=1S/C11H13Br/c1-10(6-5-9-12)11-7-3-2-4-8-11/h2-4,6-8H,5,9H2,1H3. The van der Waals surface area contributed by atoms with Gasteiger partial charge in [0.2, 0.25) is 0 Å². The quantitative estimate of drug-likeness (QED) is 0.685. The topological polar surface area (TPSA) is 0 Å². The van der Waals surface area contributed by atoms with Crippen LogP contribution in [0.15, 0.2) is 36.4 Å². The molecule has 1 rings (SSSR count). The summed E-state index contributed by atoms with van der Waals surface area (Å²) in [5, 5.41) is 1.04. The van der Waals surface area contributed by atoms with Gasteiger partial charge in [-0.3, -0.25) is 0 Å². The molecule has 1 aromatic rings. The molecule has 0 radical (unpaired) electrons. The van der Waals surface area contributed by atoms with E-state index in [0.29, 0.717) is 0 Å². The zero-order valence-corrected chi connectivity index (χ0v) is 8.84. The Hall–Kier alpha value is -0.560. The molecule has 0 nitrogen and oxygen atoms in total. The first-order valence-corrected chi connectivity index (χ1v) is 5.25. The van der Waals surface area contributed by atoms with Gasteiger partial charge in [0.15, 0.2) is 0 Å². The first-order valence-electron chi connectivity index (χ1n) is 4.12. The van der Waals surface area contributed by atoms with Gasteiger partial charge in [-0.1, -0.05) is 52.3 Å². The molecular formula is C11H13Br. The van der Waals surface area contributed by atoms with E-state index in [1.807, 2.05) is 6.07 Å². The monoisotopic (exact) mass is 224 g/mol. The molecule has 0 N–H and O–H groups in total. The lowest BCUT2D eigenvalue weighted by atomic mass is 10.1. The molecule has 0 bridgehead atoms. The van der Waals surface area contributed by atoms with Crippen molar-refractivity contribution in [3.63, 3.8) is 0 Å². The molecule has 0 aliphatic heterocycles. The largest absolute Gasteiger partial charge is 0.0925 e. The van der Waals surface area contributed by atoms with Crippen molar-refractivity contribution in [2.75, 3.05) is 5.33 Å². The van der Waals surface area contributed by atoms with Crippen LogP contribution in [0.3, 0.4) is 0 Å². The maximum absolute atomic E-state index is 3.41. The Morgan fingerprint density at radius 3 is 2.58 bits per heavy atom. The van der Waals surface area contributed by atoms with Crippen LogP contribution in [0.2, 0.25) is 0 Å². The molecule has 64 valence electrons. The van der Waals surface area contributed by atoms with Crippen molar-refractivity contribution in [1.29, 1.82) is 0 Å². The predicted octanol–water partition coefficient (Wildman–Crippen LogP) is 3.87. The van der Waals surface area contributed by atoms with Gasteiger partial charge in [-0.25, -0.2) is 0 Å². The molecule has 1 aromatic carbocycles. The summed E-state index contributed by atoms with van der Waals surface area (Å²) >= 11 is 3.41. The molecule has 0 heterocycles. The fourth-order valence-corrected chi connectivity index (χ4v) is 1.32. The molecule has 0 aliphatic rings. The first kappa shape index (κ1) is 9.53. The molecular weight excluding hydrogens is 212 g/mol. The van der Waals surface area contributed by atoms with Gasteiger partial charge in [0.05, 0.1) is 0 Å². The zero-order valence-electron chi connectivity index (χ0n) is 7.26. The summed E-state index contributed by atoms with van der Waals surface area (Å²) in [5.74, 6) is 0. The maximum Gasteiger partial charge on any atom is 0.00661 e. The normalized spacial score (nSPS) is 11.7. The van der Waals surface area contributed by atoms with E-state index >= 15 is 0 Å². The van der Waals surface area contributed by atoms with Crippen molar-refractivity contribution in [2.24, 2.45) is 0 Å². The predicted molar refractivity (Wildman–Crippen MR) is 58.5 cm³/mol. The molecule has 0 amide bonds. The van der Waals surface area contributed by atoms with E-state index in [-0.39, 0.29) is 0 Å². The number of halogens is 1. The van der Waals surface area contributed by atoms with Gasteiger partial charge in [-0.05, 0) is 24.5 Å². The Morgan fingerprint density at radius 1 is 1.33 bits per heavy atom. The third-order valence-corrected chi connectivity index (χ3v) is 2.25. The lowest BCUT2D eigenvalue weighted by molar-refractivity contribution is 1.26. The summed E-state index contributed by atoms with van der Waals surface area (Å²) in [7, 11) is 0. The lowest BCUT2D eigenvalue weighted by Gasteiger charge is -1.99. The van der Waals surface area contributed by atoms with Crippen LogP contribution in [0, 0.1) is 0 Å². The van der Waals surface area contributed by atoms with Gasteiger partial charge in [-0.2, -0.15) is 0 Å². The van der Waals surface area contributed by atoms with Crippen LogP contribution in [0.25, 0.3) is 5.57 Å². The highest BCUT2D eigenvalue weighted by Gasteiger charge is 1.91. The SMILES string of the molecule is CC(=CCCBr)c1ccccc1. The molecule has 0 unspecified atom stereocenters. The third kappa shape index (κ3) is 2.82. The fourth-order valence-electron chi connectivity index (χ4n) is 1.09. The van der Waals surface area contributed by atoms with Crippen LogP contribution in [0.1, 0.15) is 18.9 Å². The third-order valence-electron chi connectivity index (χ3n) is 1.79. The van der Waals surface area contributed by atoms with E-state index < -0.39 is 0 Å². The Kier molecular flexibility index (Phi) is 4.09. The van der Waals surface area contributed by atoms with Gasteiger partial charge in [0, 0.05) is 5.33 Å². The summed E-state index contributed by atoms with van der Waals surface area (Å²) in [4.78, 5) is 0. The summed E-state index contributed by atoms with van der Waals surface area (Å²) < 4.78 is 0. The zero-order chi connectivity index (χ0) is 8.81. The number of benzene rings is 1. The van der Waals surface area contributed by atoms with Gasteiger partial charge < -0.3 is 0 Å². The second kappa shape index (κ2) is 5.15. The molecule has 0 aliphatic carbocycles. The van der Waals surface area contributed by atoms with Gasteiger partial charge in [0.1, 0.15) is 0 Å². The Morgan fingerprint density at radius 2 is 2.00 bits per heavy atom. The van der Waals surface area contributed by atoms with E-state index in [0.717, 1.165) is 11.8 Å². The maximum atomic E-state index is 3.41. The van der Waals surface area contributed by atoms with Crippen molar-refractivity contribution in [2.45, 2.75) is 13.3 Å². The van der Waals surface area contributed by atoms with E-state index in [1.165, 1.54) is 11.1 Å². The highest BCUT2D eigenvalue weighted by Crippen LogP contribution is 2.13. The van der Waals surface area contributed by atoms with E-state index in [1.54, 1.807) is 0 Å². The number of allylic oxidation sites excluding steroid dienone is 2. The Labute approximate surface area is 82.4 Å². The number of hydrogen-bond donors (Lipinski definition) is 0. The van der Waals surface area contributed by atoms with Crippen molar-refractivity contribution >= 4 is 21.5 Å². The smallest absolute Gasteiger partial charge is 0.00661 e. The summed E-state index contributed by atoms with van der Waals surface area (Å²) in [6.07, 6.45) is 3.35. The van der Waals surface area contributed by atoms with Crippen LogP contribution in [-0.4, -0.2) is 5.33 Å². The molecule has 0 saturated carbocycles. The molecule has 0 saturated heterocycles. The van der Waals surface area contributed by atoms with Crippen LogP contribution in [-0.2, 0) is 0 Å². The average molecular weight is 225 g/mol. The minimum Gasteiger partial charge on any atom is -0.0925 e. The van der Waals surface area contributed by atoms with Gasteiger partial charge >= 0.3 is 0 Å². The van der Waals surface area contributed by atoms with Crippen LogP contribution in [0.5, 0.6) is 0 Å². The molecule has 0 atom stereocenters. The van der Waals surface area contributed by atoms with Crippen molar-refractivity contribution < 1.29 is 0 Å². The Balaban J connectivity index is 2.71. The van der Waals surface area contributed by atoms with Crippen molar-refractivity contribution in [3.05, 3.63) is 42.0 Å². The summed E-state index contributed by atoms with van der Waals surface area (Å²) in [6.45, 7) is 2.15. The first-order chi connectivity index (χ1) is 5.84. The Bertz CT molecular complexity index is 249. The van der Waals surface area contributed by atoms with Crippen LogP contribution >= 0.6 is 15.9 Å². The molecule has 12 heavy (non-hydrogen) atoms. The minimum absolute atomic E-state index is 1.04.